The molecule has 1 N–H and O–H groups in total. The average molecular weight is 290 g/mol. The minimum absolute atomic E-state index is 0.0124. The Labute approximate surface area is 128 Å². The van der Waals surface area contributed by atoms with E-state index in [9.17, 15) is 9.90 Å². The van der Waals surface area contributed by atoms with Crippen molar-refractivity contribution in [3.8, 4) is 0 Å². The molecule has 2 nitrogen and oxygen atoms in total. The number of hydrogen-bond donors (Lipinski definition) is 1. The predicted molar refractivity (Wildman–Crippen MR) is 82.7 cm³/mol. The van der Waals surface area contributed by atoms with Gasteiger partial charge in [-0.3, -0.25) is 4.79 Å². The number of hydrogen-bond acceptors (Lipinski definition) is 2. The Morgan fingerprint density at radius 2 is 1.81 bits per heavy atom. The molecule has 0 aromatic heterocycles. The van der Waals surface area contributed by atoms with Gasteiger partial charge in [0.05, 0.1) is 6.10 Å². The third kappa shape index (κ3) is 1.84. The molecule has 0 heterocycles. The lowest BCUT2D eigenvalue weighted by Gasteiger charge is -2.60. The number of aliphatic hydroxyl groups excluding tert-OH is 1. The van der Waals surface area contributed by atoms with Gasteiger partial charge < -0.3 is 5.11 Å². The number of carbonyl (C=O) groups is 1. The smallest absolute Gasteiger partial charge is 0.139 e. The summed E-state index contributed by atoms with van der Waals surface area (Å²) in [6, 6.07) is 0. The Hall–Kier alpha value is -0.370. The van der Waals surface area contributed by atoms with Crippen molar-refractivity contribution in [1.29, 1.82) is 0 Å². The normalized spacial score (nSPS) is 56.5. The van der Waals surface area contributed by atoms with Crippen LogP contribution in [0.4, 0.5) is 0 Å². The molecule has 0 bridgehead atoms. The van der Waals surface area contributed by atoms with Gasteiger partial charge in [-0.2, -0.15) is 0 Å². The van der Waals surface area contributed by atoms with Gasteiger partial charge in [0.25, 0.3) is 0 Å². The van der Waals surface area contributed by atoms with Crippen molar-refractivity contribution in [2.24, 2.45) is 34.5 Å². The second-order valence-electron chi connectivity index (χ2n) is 9.00. The SMILES string of the molecule is C[C@]12CCC3C(CC[C@@H]4C[C@@H](O)CC[C@]34C)[C@H]1CCC2=O. The maximum absolute atomic E-state index is 12.4. The summed E-state index contributed by atoms with van der Waals surface area (Å²) in [6.45, 7) is 4.78. The van der Waals surface area contributed by atoms with E-state index in [0.29, 0.717) is 17.1 Å². The number of fused-ring (bicyclic) bond motifs is 5. The molecule has 4 aliphatic carbocycles. The molecule has 2 unspecified atom stereocenters. The first-order valence-corrected chi connectivity index (χ1v) is 9.16. The third-order valence-corrected chi connectivity index (χ3v) is 8.35. The summed E-state index contributed by atoms with van der Waals surface area (Å²) in [4.78, 5) is 12.4. The highest BCUT2D eigenvalue weighted by Gasteiger charge is 2.60. The largest absolute Gasteiger partial charge is 0.393 e. The van der Waals surface area contributed by atoms with E-state index >= 15 is 0 Å². The first-order valence-electron chi connectivity index (χ1n) is 9.16. The molecule has 118 valence electrons. The monoisotopic (exact) mass is 290 g/mol. The molecule has 7 atom stereocenters. The molecule has 4 saturated carbocycles. The highest BCUT2D eigenvalue weighted by Crippen LogP contribution is 2.65. The molecule has 0 spiro atoms. The molecule has 0 amide bonds. The minimum atomic E-state index is -0.0541. The number of Topliss-reactive ketones (excluding diaryl/α,β-unsaturated/α-hetero) is 1. The molecule has 0 saturated heterocycles. The number of ketones is 1. The lowest BCUT2D eigenvalue weighted by molar-refractivity contribution is -0.142. The Balaban J connectivity index is 1.64. The minimum Gasteiger partial charge on any atom is -0.393 e. The molecular weight excluding hydrogens is 260 g/mol. The van der Waals surface area contributed by atoms with Gasteiger partial charge in [-0.1, -0.05) is 13.8 Å². The van der Waals surface area contributed by atoms with E-state index in [1.807, 2.05) is 0 Å². The van der Waals surface area contributed by atoms with Crippen LogP contribution in [0.5, 0.6) is 0 Å². The van der Waals surface area contributed by atoms with Crippen LogP contribution >= 0.6 is 0 Å². The maximum Gasteiger partial charge on any atom is 0.139 e. The van der Waals surface area contributed by atoms with Crippen LogP contribution in [0.15, 0.2) is 0 Å². The Morgan fingerprint density at radius 3 is 2.62 bits per heavy atom. The van der Waals surface area contributed by atoms with Gasteiger partial charge in [0.15, 0.2) is 0 Å². The van der Waals surface area contributed by atoms with Crippen LogP contribution in [0, 0.1) is 34.5 Å². The fourth-order valence-corrected chi connectivity index (χ4v) is 7.01. The Kier molecular flexibility index (Phi) is 3.10. The summed E-state index contributed by atoms with van der Waals surface area (Å²) in [6.07, 6.45) is 10.1. The van der Waals surface area contributed by atoms with Crippen molar-refractivity contribution in [2.45, 2.75) is 77.7 Å². The molecule has 0 aliphatic heterocycles. The summed E-state index contributed by atoms with van der Waals surface area (Å²) in [5.41, 5.74) is 0.452. The van der Waals surface area contributed by atoms with Crippen molar-refractivity contribution in [3.05, 3.63) is 0 Å². The van der Waals surface area contributed by atoms with Gasteiger partial charge in [-0.25, -0.2) is 0 Å². The van der Waals surface area contributed by atoms with Crippen LogP contribution in [0.25, 0.3) is 0 Å². The lowest BCUT2D eigenvalue weighted by Crippen LogP contribution is -2.54. The fraction of sp³-hybridized carbons (Fsp3) is 0.947. The van der Waals surface area contributed by atoms with E-state index < -0.39 is 0 Å². The quantitative estimate of drug-likeness (QED) is 0.733. The second-order valence-corrected chi connectivity index (χ2v) is 9.00. The maximum atomic E-state index is 12.4. The highest BCUT2D eigenvalue weighted by atomic mass is 16.3. The van der Waals surface area contributed by atoms with Crippen LogP contribution in [-0.2, 0) is 4.79 Å². The van der Waals surface area contributed by atoms with E-state index in [4.69, 9.17) is 0 Å². The van der Waals surface area contributed by atoms with Gasteiger partial charge >= 0.3 is 0 Å². The van der Waals surface area contributed by atoms with Crippen molar-refractivity contribution >= 4 is 5.78 Å². The van der Waals surface area contributed by atoms with E-state index in [0.717, 1.165) is 49.9 Å². The first kappa shape index (κ1) is 14.2. The lowest BCUT2D eigenvalue weighted by atomic mass is 9.45. The topological polar surface area (TPSA) is 37.3 Å². The van der Waals surface area contributed by atoms with Gasteiger partial charge in [-0.05, 0) is 80.5 Å². The average Bonchev–Trinajstić information content (AvgIpc) is 2.76. The summed E-state index contributed by atoms with van der Waals surface area (Å²) < 4.78 is 0. The van der Waals surface area contributed by atoms with E-state index in [-0.39, 0.29) is 11.5 Å². The summed E-state index contributed by atoms with van der Waals surface area (Å²) in [5.74, 6) is 3.54. The zero-order valence-electron chi connectivity index (χ0n) is 13.6. The summed E-state index contributed by atoms with van der Waals surface area (Å²) >= 11 is 0. The van der Waals surface area contributed by atoms with Crippen molar-refractivity contribution in [3.63, 3.8) is 0 Å². The Bertz CT molecular complexity index is 458. The molecule has 0 aromatic carbocycles. The molecule has 4 fully saturated rings. The van der Waals surface area contributed by atoms with Crippen molar-refractivity contribution in [2.75, 3.05) is 0 Å². The van der Waals surface area contributed by atoms with Crippen LogP contribution in [0.1, 0.15) is 71.6 Å². The molecule has 21 heavy (non-hydrogen) atoms. The van der Waals surface area contributed by atoms with Crippen LogP contribution in [0.2, 0.25) is 0 Å². The molecule has 0 aromatic rings. The van der Waals surface area contributed by atoms with E-state index in [2.05, 4.69) is 13.8 Å². The summed E-state index contributed by atoms with van der Waals surface area (Å²) in [7, 11) is 0. The van der Waals surface area contributed by atoms with Crippen molar-refractivity contribution < 1.29 is 9.90 Å². The third-order valence-electron chi connectivity index (χ3n) is 8.35. The van der Waals surface area contributed by atoms with Gasteiger partial charge in [0.1, 0.15) is 5.78 Å². The predicted octanol–water partition coefficient (Wildman–Crippen LogP) is 3.96. The Morgan fingerprint density at radius 1 is 1.00 bits per heavy atom. The first-order chi connectivity index (χ1) is 9.95. The number of aliphatic hydroxyl groups is 1. The molecule has 0 radical (unpaired) electrons. The summed E-state index contributed by atoms with van der Waals surface area (Å²) in [5, 5.41) is 10.0. The zero-order chi connectivity index (χ0) is 14.8. The molecular formula is C19H30O2. The van der Waals surface area contributed by atoms with Gasteiger partial charge in [0.2, 0.25) is 0 Å². The number of rotatable bonds is 0. The van der Waals surface area contributed by atoms with E-state index in [1.165, 1.54) is 25.7 Å². The molecule has 2 heteroatoms. The highest BCUT2D eigenvalue weighted by molar-refractivity contribution is 5.87. The van der Waals surface area contributed by atoms with Gasteiger partial charge in [0, 0.05) is 11.8 Å². The van der Waals surface area contributed by atoms with Crippen LogP contribution in [0.3, 0.4) is 0 Å². The van der Waals surface area contributed by atoms with Gasteiger partial charge in [-0.15, -0.1) is 0 Å². The molecule has 4 aliphatic rings. The number of carbonyl (C=O) groups excluding carboxylic acids is 1. The van der Waals surface area contributed by atoms with E-state index in [1.54, 1.807) is 0 Å². The second kappa shape index (κ2) is 4.57. The van der Waals surface area contributed by atoms with Crippen LogP contribution < -0.4 is 0 Å². The zero-order valence-corrected chi connectivity index (χ0v) is 13.6. The van der Waals surface area contributed by atoms with Crippen LogP contribution in [-0.4, -0.2) is 17.0 Å². The molecule has 4 rings (SSSR count). The van der Waals surface area contributed by atoms with Crippen molar-refractivity contribution in [1.82, 2.24) is 0 Å². The fourth-order valence-electron chi connectivity index (χ4n) is 7.01. The standard InChI is InChI=1S/C19H30O2/c1-18-9-7-13(20)11-12(18)3-4-14-15-5-6-17(21)19(15,2)10-8-16(14)18/h12-16,20H,3-11H2,1-2H3/t12-,13+,14?,15-,16?,18+,19+/m1/s1.